The van der Waals surface area contributed by atoms with E-state index in [1.54, 1.807) is 0 Å². The first kappa shape index (κ1) is 13.2. The van der Waals surface area contributed by atoms with Crippen molar-refractivity contribution in [2.45, 2.75) is 39.7 Å². The summed E-state index contributed by atoms with van der Waals surface area (Å²) in [4.78, 5) is 11.3. The van der Waals surface area contributed by atoms with E-state index in [4.69, 9.17) is 5.73 Å². The molecule has 0 spiro atoms. The lowest BCUT2D eigenvalue weighted by Gasteiger charge is -2.18. The molecular weight excluding hydrogens is 178 g/mol. The smallest absolute Gasteiger partial charge is 0.315 e. The Morgan fingerprint density at radius 1 is 1.43 bits per heavy atom. The molecule has 0 fully saturated rings. The maximum atomic E-state index is 11.3. The average molecular weight is 201 g/mol. The minimum absolute atomic E-state index is 0.0897. The summed E-state index contributed by atoms with van der Waals surface area (Å²) in [5, 5.41) is 5.62. The lowest BCUT2D eigenvalue weighted by atomic mass is 10.0. The topological polar surface area (TPSA) is 67.2 Å². The first-order valence-electron chi connectivity index (χ1n) is 5.34. The number of rotatable bonds is 6. The second-order valence-corrected chi connectivity index (χ2v) is 3.96. The van der Waals surface area contributed by atoms with Gasteiger partial charge >= 0.3 is 6.03 Å². The van der Waals surface area contributed by atoms with Crippen molar-refractivity contribution in [1.29, 1.82) is 0 Å². The summed E-state index contributed by atoms with van der Waals surface area (Å²) in [6, 6.07) is -0.0187. The summed E-state index contributed by atoms with van der Waals surface area (Å²) in [6.07, 6.45) is 1.88. The highest BCUT2D eigenvalue weighted by molar-refractivity contribution is 5.74. The first-order valence-corrected chi connectivity index (χ1v) is 5.34. The quantitative estimate of drug-likeness (QED) is 0.601. The highest BCUT2D eigenvalue weighted by Crippen LogP contribution is 2.02. The first-order chi connectivity index (χ1) is 6.60. The van der Waals surface area contributed by atoms with E-state index >= 15 is 0 Å². The molecule has 4 N–H and O–H groups in total. The fraction of sp³-hybridized carbons (Fsp3) is 0.900. The van der Waals surface area contributed by atoms with E-state index in [0.29, 0.717) is 19.0 Å². The zero-order valence-corrected chi connectivity index (χ0v) is 9.47. The van der Waals surface area contributed by atoms with Crippen molar-refractivity contribution < 1.29 is 4.79 Å². The van der Waals surface area contributed by atoms with Crippen LogP contribution in [0.1, 0.15) is 33.6 Å². The maximum absolute atomic E-state index is 11.3. The zero-order valence-electron chi connectivity index (χ0n) is 9.47. The van der Waals surface area contributed by atoms with E-state index in [9.17, 15) is 4.79 Å². The van der Waals surface area contributed by atoms with E-state index in [1.165, 1.54) is 0 Å². The van der Waals surface area contributed by atoms with Crippen molar-refractivity contribution in [3.63, 3.8) is 0 Å². The van der Waals surface area contributed by atoms with Gasteiger partial charge in [-0.15, -0.1) is 0 Å². The lowest BCUT2D eigenvalue weighted by molar-refractivity contribution is 0.235. The molecule has 0 saturated heterocycles. The summed E-state index contributed by atoms with van der Waals surface area (Å²) >= 11 is 0. The standard InChI is InChI=1S/C10H23N3O/c1-4-5-12-10(14)13-9(7-11)6-8(2)3/h8-9H,4-7,11H2,1-3H3,(H2,12,13,14). The summed E-state index contributed by atoms with van der Waals surface area (Å²) in [6.45, 7) is 7.47. The Kier molecular flexibility index (Phi) is 7.20. The van der Waals surface area contributed by atoms with Gasteiger partial charge in [-0.2, -0.15) is 0 Å². The number of carbonyl (C=O) groups excluding carboxylic acids is 1. The molecule has 0 aliphatic rings. The monoisotopic (exact) mass is 201 g/mol. The van der Waals surface area contributed by atoms with Crippen LogP contribution in [0, 0.1) is 5.92 Å². The van der Waals surface area contributed by atoms with Gasteiger partial charge in [0.25, 0.3) is 0 Å². The zero-order chi connectivity index (χ0) is 11.0. The molecule has 0 radical (unpaired) electrons. The van der Waals surface area contributed by atoms with Gasteiger partial charge in [0, 0.05) is 19.1 Å². The van der Waals surface area contributed by atoms with Gasteiger partial charge in [-0.1, -0.05) is 20.8 Å². The highest BCUT2D eigenvalue weighted by atomic mass is 16.2. The van der Waals surface area contributed by atoms with Crippen LogP contribution in [0.4, 0.5) is 4.79 Å². The van der Waals surface area contributed by atoms with E-state index in [-0.39, 0.29) is 12.1 Å². The second kappa shape index (κ2) is 7.62. The third-order valence-corrected chi connectivity index (χ3v) is 1.91. The van der Waals surface area contributed by atoms with Gasteiger partial charge in [-0.05, 0) is 18.8 Å². The Bertz CT molecular complexity index is 159. The van der Waals surface area contributed by atoms with Crippen molar-refractivity contribution in [2.75, 3.05) is 13.1 Å². The van der Waals surface area contributed by atoms with Gasteiger partial charge in [-0.25, -0.2) is 4.79 Å². The predicted octanol–water partition coefficient (Wildman–Crippen LogP) is 1.07. The Morgan fingerprint density at radius 2 is 2.07 bits per heavy atom. The van der Waals surface area contributed by atoms with Gasteiger partial charge < -0.3 is 16.4 Å². The Labute approximate surface area is 86.6 Å². The summed E-state index contributed by atoms with van der Waals surface area (Å²) in [7, 11) is 0. The molecule has 0 aromatic heterocycles. The van der Waals surface area contributed by atoms with Crippen molar-refractivity contribution >= 4 is 6.03 Å². The number of nitrogens with two attached hydrogens (primary N) is 1. The summed E-state index contributed by atoms with van der Waals surface area (Å²) in [5.74, 6) is 0.551. The van der Waals surface area contributed by atoms with Crippen LogP contribution in [-0.2, 0) is 0 Å². The largest absolute Gasteiger partial charge is 0.338 e. The molecule has 0 heterocycles. The molecule has 4 nitrogen and oxygen atoms in total. The van der Waals surface area contributed by atoms with Gasteiger partial charge in [0.15, 0.2) is 0 Å². The van der Waals surface area contributed by atoms with Gasteiger partial charge in [0.1, 0.15) is 0 Å². The number of hydrogen-bond donors (Lipinski definition) is 3. The molecule has 0 aliphatic carbocycles. The van der Waals surface area contributed by atoms with Gasteiger partial charge in [-0.3, -0.25) is 0 Å². The van der Waals surface area contributed by atoms with Crippen LogP contribution < -0.4 is 16.4 Å². The molecule has 1 unspecified atom stereocenters. The Hall–Kier alpha value is -0.770. The SMILES string of the molecule is CCCNC(=O)NC(CN)CC(C)C. The molecule has 14 heavy (non-hydrogen) atoms. The summed E-state index contributed by atoms with van der Waals surface area (Å²) < 4.78 is 0. The highest BCUT2D eigenvalue weighted by Gasteiger charge is 2.11. The molecule has 2 amide bonds. The molecule has 4 heteroatoms. The van der Waals surface area contributed by atoms with E-state index in [1.807, 2.05) is 6.92 Å². The van der Waals surface area contributed by atoms with Crippen LogP contribution in [-0.4, -0.2) is 25.2 Å². The molecule has 84 valence electrons. The van der Waals surface area contributed by atoms with Crippen molar-refractivity contribution in [1.82, 2.24) is 10.6 Å². The molecule has 0 rings (SSSR count). The number of nitrogens with one attached hydrogen (secondary N) is 2. The van der Waals surface area contributed by atoms with Crippen molar-refractivity contribution in [3.8, 4) is 0 Å². The van der Waals surface area contributed by atoms with E-state index in [2.05, 4.69) is 24.5 Å². The number of carbonyl (C=O) groups is 1. The second-order valence-electron chi connectivity index (χ2n) is 3.96. The summed E-state index contributed by atoms with van der Waals surface area (Å²) in [5.41, 5.74) is 5.56. The molecule has 0 aromatic carbocycles. The maximum Gasteiger partial charge on any atom is 0.315 e. The van der Waals surface area contributed by atoms with Crippen LogP contribution in [0.5, 0.6) is 0 Å². The fourth-order valence-electron chi connectivity index (χ4n) is 1.26. The average Bonchev–Trinajstić information content (AvgIpc) is 2.12. The molecule has 0 saturated carbocycles. The van der Waals surface area contributed by atoms with Crippen LogP contribution in [0.25, 0.3) is 0 Å². The molecule has 0 aliphatic heterocycles. The predicted molar refractivity (Wildman–Crippen MR) is 59.1 cm³/mol. The van der Waals surface area contributed by atoms with Crippen molar-refractivity contribution in [2.24, 2.45) is 11.7 Å². The molecular formula is C10H23N3O. The number of urea groups is 1. The Morgan fingerprint density at radius 3 is 2.50 bits per heavy atom. The molecule has 1 atom stereocenters. The van der Waals surface area contributed by atoms with Gasteiger partial charge in [0.05, 0.1) is 0 Å². The van der Waals surface area contributed by atoms with Crippen molar-refractivity contribution in [3.05, 3.63) is 0 Å². The number of amides is 2. The van der Waals surface area contributed by atoms with Crippen LogP contribution in [0.15, 0.2) is 0 Å². The van der Waals surface area contributed by atoms with Gasteiger partial charge in [0.2, 0.25) is 0 Å². The third kappa shape index (κ3) is 6.71. The van der Waals surface area contributed by atoms with Crippen LogP contribution in [0.2, 0.25) is 0 Å². The molecule has 0 aromatic rings. The Balaban J connectivity index is 3.74. The number of hydrogen-bond acceptors (Lipinski definition) is 2. The van der Waals surface area contributed by atoms with E-state index < -0.39 is 0 Å². The van der Waals surface area contributed by atoms with E-state index in [0.717, 1.165) is 12.8 Å². The minimum atomic E-state index is -0.108. The minimum Gasteiger partial charge on any atom is -0.338 e. The molecule has 0 bridgehead atoms. The third-order valence-electron chi connectivity index (χ3n) is 1.91. The fourth-order valence-corrected chi connectivity index (χ4v) is 1.26. The lowest BCUT2D eigenvalue weighted by Crippen LogP contribution is -2.46. The van der Waals surface area contributed by atoms with Crippen LogP contribution >= 0.6 is 0 Å². The normalized spacial score (nSPS) is 12.6. The van der Waals surface area contributed by atoms with Crippen LogP contribution in [0.3, 0.4) is 0 Å².